The first kappa shape index (κ1) is 14.4. The molecule has 0 saturated heterocycles. The number of aromatic nitrogens is 2. The summed E-state index contributed by atoms with van der Waals surface area (Å²) in [5.41, 5.74) is -0.315. The largest absolute Gasteiger partial charge is 0.512 e. The van der Waals surface area contributed by atoms with Crippen LogP contribution >= 0.6 is 0 Å². The van der Waals surface area contributed by atoms with Crippen molar-refractivity contribution in [2.45, 2.75) is 6.42 Å². The van der Waals surface area contributed by atoms with Gasteiger partial charge in [0.15, 0.2) is 0 Å². The van der Waals surface area contributed by atoms with Crippen LogP contribution in [0.2, 0.25) is 0 Å². The molecule has 0 saturated carbocycles. The molecular weight excluding hydrogens is 275 g/mol. The van der Waals surface area contributed by atoms with Crippen molar-refractivity contribution >= 4 is 12.4 Å². The lowest BCUT2D eigenvalue weighted by molar-refractivity contribution is 0.317. The van der Waals surface area contributed by atoms with Crippen molar-refractivity contribution in [1.29, 1.82) is 0 Å². The van der Waals surface area contributed by atoms with Gasteiger partial charge in [0.2, 0.25) is 0 Å². The summed E-state index contributed by atoms with van der Waals surface area (Å²) < 4.78 is 57.5. The van der Waals surface area contributed by atoms with Crippen LogP contribution in [0, 0.1) is 5.82 Å². The van der Waals surface area contributed by atoms with E-state index >= 15 is 0 Å². The van der Waals surface area contributed by atoms with E-state index in [4.69, 9.17) is 4.74 Å². The van der Waals surface area contributed by atoms with Gasteiger partial charge in [-0.2, -0.15) is 5.10 Å². The van der Waals surface area contributed by atoms with Gasteiger partial charge in [0.05, 0.1) is 12.4 Å². The molecule has 8 heteroatoms. The number of aryl methyl sites for hydroxylation is 1. The Bertz CT molecular complexity index is 597. The smallest absolute Gasteiger partial charge is 0.493 e. The van der Waals surface area contributed by atoms with Crippen LogP contribution in [0.15, 0.2) is 30.5 Å². The van der Waals surface area contributed by atoms with Crippen LogP contribution in [0.4, 0.5) is 17.3 Å². The molecule has 2 rings (SSSR count). The van der Waals surface area contributed by atoms with Gasteiger partial charge in [-0.25, -0.2) is 4.39 Å². The Balaban J connectivity index is 1.97. The van der Waals surface area contributed by atoms with Crippen molar-refractivity contribution in [3.05, 3.63) is 42.0 Å². The van der Waals surface area contributed by atoms with Crippen LogP contribution in [-0.2, 0) is 13.5 Å². The maximum atomic E-state index is 13.3. The van der Waals surface area contributed by atoms with E-state index < -0.39 is 18.3 Å². The van der Waals surface area contributed by atoms with Gasteiger partial charge >= 0.3 is 6.98 Å². The Morgan fingerprint density at radius 1 is 1.25 bits per heavy atom. The molecule has 0 unspecified atom stereocenters. The Morgan fingerprint density at radius 2 is 2.00 bits per heavy atom. The third kappa shape index (κ3) is 3.31. The molecule has 0 aliphatic carbocycles. The van der Waals surface area contributed by atoms with Gasteiger partial charge in [0.25, 0.3) is 0 Å². The molecule has 0 aliphatic heterocycles. The Morgan fingerprint density at radius 3 is 2.55 bits per heavy atom. The first-order valence-electron chi connectivity index (χ1n) is 5.97. The highest BCUT2D eigenvalue weighted by atomic mass is 19.4. The summed E-state index contributed by atoms with van der Waals surface area (Å²) in [6.07, 6.45) is 2.16. The molecule has 0 atom stereocenters. The number of hydrogen-bond donors (Lipinski definition) is 0. The maximum Gasteiger partial charge on any atom is 0.512 e. The monoisotopic (exact) mass is 287 g/mol. The van der Waals surface area contributed by atoms with Crippen LogP contribution < -0.4 is 10.2 Å². The Hall–Kier alpha value is -1.99. The first-order chi connectivity index (χ1) is 9.38. The van der Waals surface area contributed by atoms with Crippen molar-refractivity contribution in [1.82, 2.24) is 9.78 Å². The van der Waals surface area contributed by atoms with Gasteiger partial charge in [-0.15, -0.1) is 0 Å². The van der Waals surface area contributed by atoms with E-state index in [0.717, 1.165) is 17.8 Å². The van der Waals surface area contributed by atoms with E-state index in [1.54, 1.807) is 24.0 Å². The number of halogens is 4. The lowest BCUT2D eigenvalue weighted by atomic mass is 9.80. The molecule has 1 aromatic carbocycles. The summed E-state index contributed by atoms with van der Waals surface area (Å²) in [7, 11) is 1.77. The van der Waals surface area contributed by atoms with E-state index in [1.165, 1.54) is 0 Å². The minimum Gasteiger partial charge on any atom is -0.493 e. The molecule has 3 nitrogen and oxygen atoms in total. The van der Waals surface area contributed by atoms with Crippen molar-refractivity contribution in [2.24, 2.45) is 7.05 Å². The number of rotatable bonds is 5. The molecule has 1 heterocycles. The van der Waals surface area contributed by atoms with Crippen molar-refractivity contribution in [3.63, 3.8) is 0 Å². The molecule has 0 spiro atoms. The second-order valence-corrected chi connectivity index (χ2v) is 4.30. The zero-order valence-electron chi connectivity index (χ0n) is 10.7. The summed E-state index contributed by atoms with van der Waals surface area (Å²) in [4.78, 5) is 0. The van der Waals surface area contributed by atoms with Crippen LogP contribution in [0.25, 0.3) is 0 Å². The molecule has 20 heavy (non-hydrogen) atoms. The highest BCUT2D eigenvalue weighted by molar-refractivity contribution is 6.73. The molecule has 1 aromatic heterocycles. The van der Waals surface area contributed by atoms with Gasteiger partial charge in [-0.05, 0) is 12.1 Å². The molecule has 108 valence electrons. The third-order valence-electron chi connectivity index (χ3n) is 2.87. The van der Waals surface area contributed by atoms with E-state index in [-0.39, 0.29) is 12.4 Å². The fourth-order valence-electron chi connectivity index (χ4n) is 1.78. The molecule has 0 N–H and O–H groups in total. The van der Waals surface area contributed by atoms with Crippen molar-refractivity contribution in [2.75, 3.05) is 6.61 Å². The predicted molar refractivity (Wildman–Crippen MR) is 67.5 cm³/mol. The minimum atomic E-state index is -5.34. The summed E-state index contributed by atoms with van der Waals surface area (Å²) in [6, 6.07) is 4.39. The third-order valence-corrected chi connectivity index (χ3v) is 2.87. The summed E-state index contributed by atoms with van der Waals surface area (Å²) in [5.74, 6) is -1.23. The van der Waals surface area contributed by atoms with Gasteiger partial charge in [0, 0.05) is 31.4 Å². The fourth-order valence-corrected chi connectivity index (χ4v) is 1.78. The van der Waals surface area contributed by atoms with Crippen molar-refractivity contribution < 1.29 is 22.1 Å². The Kier molecular flexibility index (Phi) is 4.01. The lowest BCUT2D eigenvalue weighted by Crippen LogP contribution is -2.36. The quantitative estimate of drug-likeness (QED) is 0.623. The predicted octanol–water partition coefficient (Wildman–Crippen LogP) is 2.24. The van der Waals surface area contributed by atoms with Gasteiger partial charge in [-0.3, -0.25) is 4.68 Å². The topological polar surface area (TPSA) is 27.1 Å². The second-order valence-electron chi connectivity index (χ2n) is 4.30. The number of hydrogen-bond acceptors (Lipinski definition) is 2. The van der Waals surface area contributed by atoms with Crippen LogP contribution in [0.3, 0.4) is 0 Å². The van der Waals surface area contributed by atoms with Gasteiger partial charge in [-0.1, -0.05) is 11.5 Å². The van der Waals surface area contributed by atoms with Gasteiger partial charge < -0.3 is 17.7 Å². The Labute approximate surface area is 113 Å². The van der Waals surface area contributed by atoms with Crippen LogP contribution in [0.5, 0.6) is 5.75 Å². The zero-order valence-corrected chi connectivity index (χ0v) is 10.7. The summed E-state index contributed by atoms with van der Waals surface area (Å²) >= 11 is 0. The average Bonchev–Trinajstić information content (AvgIpc) is 2.73. The highest BCUT2D eigenvalue weighted by Gasteiger charge is 2.28. The number of ether oxygens (including phenoxy) is 1. The molecule has 0 fully saturated rings. The second kappa shape index (κ2) is 5.56. The number of nitrogens with zero attached hydrogens (tertiary/aromatic N) is 2. The van der Waals surface area contributed by atoms with Crippen LogP contribution in [-0.4, -0.2) is 23.4 Å². The molecule has 0 amide bonds. The normalized spacial score (nSPS) is 11.7. The first-order valence-corrected chi connectivity index (χ1v) is 5.97. The van der Waals surface area contributed by atoms with E-state index in [9.17, 15) is 17.3 Å². The minimum absolute atomic E-state index is 0.0773. The summed E-state index contributed by atoms with van der Waals surface area (Å²) in [5, 5.41) is 3.97. The maximum absolute atomic E-state index is 13.3. The van der Waals surface area contributed by atoms with Crippen molar-refractivity contribution in [3.8, 4) is 5.75 Å². The average molecular weight is 287 g/mol. The zero-order chi connectivity index (χ0) is 14.8. The standard InChI is InChI=1S/C12H12BF4N2O/c1-19-9(4-6-18-19)5-7-20-10-2-3-11(12(14)8-10)13(15,16)17/h2-4,6,8H,5,7H2,1H3/q-1. The van der Waals surface area contributed by atoms with E-state index in [2.05, 4.69) is 5.10 Å². The SMILES string of the molecule is Cn1nccc1CCOc1ccc([B-](F)(F)F)c(F)c1. The lowest BCUT2D eigenvalue weighted by Gasteiger charge is -2.16. The summed E-state index contributed by atoms with van der Waals surface area (Å²) in [6.45, 7) is -5.11. The molecule has 0 aliphatic rings. The molecular formula is C12H12BF4N2O-. The highest BCUT2D eigenvalue weighted by Crippen LogP contribution is 2.17. The molecule has 0 radical (unpaired) electrons. The molecule has 2 aromatic rings. The van der Waals surface area contributed by atoms with Gasteiger partial charge in [0.1, 0.15) is 5.75 Å². The fraction of sp³-hybridized carbons (Fsp3) is 0.250. The number of benzene rings is 1. The molecule has 0 bridgehead atoms. The van der Waals surface area contributed by atoms with E-state index in [1.807, 2.05) is 0 Å². The van der Waals surface area contributed by atoms with Crippen LogP contribution in [0.1, 0.15) is 5.69 Å². The van der Waals surface area contributed by atoms with E-state index in [0.29, 0.717) is 12.5 Å².